The van der Waals surface area contributed by atoms with Crippen molar-refractivity contribution in [3.8, 4) is 0 Å². The minimum atomic E-state index is -3.40. The van der Waals surface area contributed by atoms with Gasteiger partial charge in [-0.05, 0) is 37.5 Å². The minimum absolute atomic E-state index is 0.390. The Bertz CT molecular complexity index is 418. The van der Waals surface area contributed by atoms with Gasteiger partial charge in [-0.3, -0.25) is 0 Å². The van der Waals surface area contributed by atoms with Crippen molar-refractivity contribution in [2.75, 3.05) is 19.6 Å². The van der Waals surface area contributed by atoms with Crippen LogP contribution in [-0.2, 0) is 10.2 Å². The fourth-order valence-corrected chi connectivity index (χ4v) is 5.18. The van der Waals surface area contributed by atoms with Gasteiger partial charge >= 0.3 is 0 Å². The maximum atomic E-state index is 12.6. The molecule has 6 heteroatoms. The van der Waals surface area contributed by atoms with Crippen molar-refractivity contribution in [2.24, 2.45) is 17.6 Å². The van der Waals surface area contributed by atoms with E-state index in [0.717, 1.165) is 32.1 Å². The summed E-state index contributed by atoms with van der Waals surface area (Å²) in [7, 11) is -3.40. The number of nitrogens with zero attached hydrogens (tertiary/aromatic N) is 1. The molecule has 5 nitrogen and oxygen atoms in total. The molecule has 1 aliphatic heterocycles. The van der Waals surface area contributed by atoms with E-state index in [1.807, 2.05) is 0 Å². The molecule has 1 aliphatic carbocycles. The van der Waals surface area contributed by atoms with E-state index >= 15 is 0 Å². The normalized spacial score (nSPS) is 34.2. The van der Waals surface area contributed by atoms with Gasteiger partial charge in [-0.2, -0.15) is 17.4 Å². The van der Waals surface area contributed by atoms with Crippen molar-refractivity contribution in [1.82, 2.24) is 9.03 Å². The highest BCUT2D eigenvalue weighted by atomic mass is 32.2. The Labute approximate surface area is 123 Å². The van der Waals surface area contributed by atoms with E-state index in [2.05, 4.69) is 18.6 Å². The largest absolute Gasteiger partial charge is 0.329 e. The van der Waals surface area contributed by atoms with Gasteiger partial charge in [-0.1, -0.05) is 26.7 Å². The zero-order chi connectivity index (χ0) is 14.8. The topological polar surface area (TPSA) is 75.4 Å². The van der Waals surface area contributed by atoms with Crippen LogP contribution in [0.2, 0.25) is 0 Å². The molecule has 2 unspecified atom stereocenters. The van der Waals surface area contributed by atoms with Crippen LogP contribution < -0.4 is 10.5 Å². The smallest absolute Gasteiger partial charge is 0.279 e. The highest BCUT2D eigenvalue weighted by molar-refractivity contribution is 7.87. The number of hydrogen-bond donors (Lipinski definition) is 2. The van der Waals surface area contributed by atoms with Gasteiger partial charge in [0.25, 0.3) is 10.2 Å². The van der Waals surface area contributed by atoms with Gasteiger partial charge in [-0.15, -0.1) is 0 Å². The summed E-state index contributed by atoms with van der Waals surface area (Å²) in [6.07, 6.45) is 5.84. The van der Waals surface area contributed by atoms with E-state index < -0.39 is 15.7 Å². The summed E-state index contributed by atoms with van der Waals surface area (Å²) in [5.74, 6) is 1.16. The lowest BCUT2D eigenvalue weighted by molar-refractivity contribution is 0.213. The first-order valence-corrected chi connectivity index (χ1v) is 9.30. The molecule has 1 saturated carbocycles. The van der Waals surface area contributed by atoms with Crippen LogP contribution in [0.5, 0.6) is 0 Å². The van der Waals surface area contributed by atoms with Crippen molar-refractivity contribution in [1.29, 1.82) is 0 Å². The van der Waals surface area contributed by atoms with Crippen LogP contribution in [0.25, 0.3) is 0 Å². The maximum Gasteiger partial charge on any atom is 0.279 e. The Morgan fingerprint density at radius 2 is 1.85 bits per heavy atom. The van der Waals surface area contributed by atoms with Crippen molar-refractivity contribution in [3.05, 3.63) is 0 Å². The number of hydrogen-bond acceptors (Lipinski definition) is 3. The lowest BCUT2D eigenvalue weighted by Gasteiger charge is -2.41. The fourth-order valence-electron chi connectivity index (χ4n) is 3.54. The van der Waals surface area contributed by atoms with Crippen molar-refractivity contribution >= 4 is 10.2 Å². The Balaban J connectivity index is 2.05. The van der Waals surface area contributed by atoms with Crippen LogP contribution in [-0.4, -0.2) is 37.9 Å². The second-order valence-electron chi connectivity index (χ2n) is 6.87. The van der Waals surface area contributed by atoms with Gasteiger partial charge in [0.15, 0.2) is 0 Å². The molecule has 0 radical (unpaired) electrons. The molecule has 20 heavy (non-hydrogen) atoms. The third kappa shape index (κ3) is 3.72. The maximum absolute atomic E-state index is 12.6. The zero-order valence-electron chi connectivity index (χ0n) is 12.8. The summed E-state index contributed by atoms with van der Waals surface area (Å²) in [6.45, 7) is 6.02. The highest BCUT2D eigenvalue weighted by Crippen LogP contribution is 2.32. The lowest BCUT2D eigenvalue weighted by Crippen LogP contribution is -2.59. The first-order valence-electron chi connectivity index (χ1n) is 7.86. The molecule has 2 atom stereocenters. The molecule has 0 aromatic carbocycles. The van der Waals surface area contributed by atoms with Gasteiger partial charge in [0.2, 0.25) is 0 Å². The first kappa shape index (κ1) is 16.2. The first-order chi connectivity index (χ1) is 9.37. The van der Waals surface area contributed by atoms with E-state index in [4.69, 9.17) is 5.73 Å². The molecule has 118 valence electrons. The van der Waals surface area contributed by atoms with Gasteiger partial charge < -0.3 is 5.73 Å². The fraction of sp³-hybridized carbons (Fsp3) is 1.00. The van der Waals surface area contributed by atoms with Crippen molar-refractivity contribution in [3.63, 3.8) is 0 Å². The van der Waals surface area contributed by atoms with Crippen LogP contribution in [0.3, 0.4) is 0 Å². The summed E-state index contributed by atoms with van der Waals surface area (Å²) in [6, 6.07) is 0. The summed E-state index contributed by atoms with van der Waals surface area (Å²) in [5, 5.41) is 0. The molecule has 2 fully saturated rings. The predicted molar refractivity (Wildman–Crippen MR) is 81.4 cm³/mol. The third-order valence-electron chi connectivity index (χ3n) is 4.91. The SMILES string of the molecule is CC1CCN(S(=O)(=O)NC2(CN)CCCC(C)C2)CC1. The van der Waals surface area contributed by atoms with Crippen LogP contribution >= 0.6 is 0 Å². The molecule has 0 bridgehead atoms. The monoisotopic (exact) mass is 303 g/mol. The van der Waals surface area contributed by atoms with E-state index in [-0.39, 0.29) is 0 Å². The van der Waals surface area contributed by atoms with Gasteiger partial charge in [0.1, 0.15) is 0 Å². The van der Waals surface area contributed by atoms with E-state index in [0.29, 0.717) is 31.5 Å². The third-order valence-corrected chi connectivity index (χ3v) is 6.65. The van der Waals surface area contributed by atoms with E-state index in [9.17, 15) is 8.42 Å². The number of rotatable bonds is 4. The molecule has 1 heterocycles. The molecule has 2 rings (SSSR count). The van der Waals surface area contributed by atoms with Gasteiger partial charge in [-0.25, -0.2) is 0 Å². The Morgan fingerprint density at radius 1 is 1.20 bits per heavy atom. The van der Waals surface area contributed by atoms with Gasteiger partial charge in [0.05, 0.1) is 0 Å². The molecule has 2 aliphatic rings. The van der Waals surface area contributed by atoms with Crippen molar-refractivity contribution in [2.45, 2.75) is 57.9 Å². The number of nitrogens with one attached hydrogen (secondary N) is 1. The zero-order valence-corrected chi connectivity index (χ0v) is 13.6. The number of piperidine rings is 1. The molecular weight excluding hydrogens is 274 g/mol. The van der Waals surface area contributed by atoms with Crippen LogP contribution in [0.1, 0.15) is 52.4 Å². The molecule has 0 amide bonds. The van der Waals surface area contributed by atoms with E-state index in [1.54, 1.807) is 4.31 Å². The molecule has 0 aromatic rings. The number of nitrogens with two attached hydrogens (primary N) is 1. The Hall–Kier alpha value is -0.170. The molecule has 0 aromatic heterocycles. The summed E-state index contributed by atoms with van der Waals surface area (Å²) in [4.78, 5) is 0. The van der Waals surface area contributed by atoms with Crippen LogP contribution in [0.4, 0.5) is 0 Å². The molecule has 0 spiro atoms. The summed E-state index contributed by atoms with van der Waals surface area (Å²) in [5.41, 5.74) is 5.48. The quantitative estimate of drug-likeness (QED) is 0.825. The molecule has 3 N–H and O–H groups in total. The summed E-state index contributed by atoms with van der Waals surface area (Å²) >= 11 is 0. The minimum Gasteiger partial charge on any atom is -0.329 e. The summed E-state index contributed by atoms with van der Waals surface area (Å²) < 4.78 is 29.7. The second-order valence-corrected chi connectivity index (χ2v) is 8.55. The van der Waals surface area contributed by atoms with Gasteiger partial charge in [0, 0.05) is 25.2 Å². The van der Waals surface area contributed by atoms with Crippen molar-refractivity contribution < 1.29 is 8.42 Å². The Kier molecular flexibility index (Phi) is 5.10. The average Bonchev–Trinajstić information content (AvgIpc) is 2.38. The Morgan fingerprint density at radius 3 is 2.40 bits per heavy atom. The standard InChI is InChI=1S/C14H29N3O2S/c1-12-5-8-17(9-6-12)20(18,19)16-14(11-15)7-3-4-13(2)10-14/h12-13,16H,3-11,15H2,1-2H3. The predicted octanol–water partition coefficient (Wildman–Crippen LogP) is 1.46. The molecular formula is C14H29N3O2S. The lowest BCUT2D eigenvalue weighted by atomic mass is 9.77. The van der Waals surface area contributed by atoms with Crippen LogP contribution in [0, 0.1) is 11.8 Å². The molecule has 1 saturated heterocycles. The average molecular weight is 303 g/mol. The van der Waals surface area contributed by atoms with E-state index in [1.165, 1.54) is 6.42 Å². The highest BCUT2D eigenvalue weighted by Gasteiger charge is 2.39. The van der Waals surface area contributed by atoms with Crippen LogP contribution in [0.15, 0.2) is 0 Å². The second kappa shape index (κ2) is 6.30.